The molecule has 18 heavy (non-hydrogen) atoms. The summed E-state index contributed by atoms with van der Waals surface area (Å²) in [4.78, 5) is 10.9. The second kappa shape index (κ2) is 3.86. The van der Waals surface area contributed by atoms with E-state index in [0.29, 0.717) is 5.82 Å². The maximum atomic E-state index is 10.9. The molecule has 0 bridgehead atoms. The summed E-state index contributed by atoms with van der Waals surface area (Å²) in [6, 6.07) is 1.91. The number of hydrogen-bond acceptors (Lipinski definition) is 4. The Balaban J connectivity index is 2.04. The van der Waals surface area contributed by atoms with Crippen molar-refractivity contribution in [1.82, 2.24) is 19.6 Å². The Morgan fingerprint density at radius 1 is 1.44 bits per heavy atom. The number of fused-ring (bicyclic) bond motifs is 1. The van der Waals surface area contributed by atoms with E-state index >= 15 is 0 Å². The van der Waals surface area contributed by atoms with Crippen molar-refractivity contribution in [3.63, 3.8) is 0 Å². The van der Waals surface area contributed by atoms with Crippen molar-refractivity contribution in [1.29, 1.82) is 0 Å². The quantitative estimate of drug-likeness (QED) is 0.813. The van der Waals surface area contributed by atoms with Gasteiger partial charge in [0.2, 0.25) is 0 Å². The van der Waals surface area contributed by atoms with Gasteiger partial charge in [-0.3, -0.25) is 4.68 Å². The average Bonchev–Trinajstić information content (AvgIpc) is 2.91. The molecule has 0 fully saturated rings. The van der Waals surface area contributed by atoms with Crippen LogP contribution >= 0.6 is 0 Å². The summed E-state index contributed by atoms with van der Waals surface area (Å²) in [5, 5.41) is 17.3. The number of carboxylic acid groups (broad SMARTS) is 1. The number of aryl methyl sites for hydroxylation is 2. The summed E-state index contributed by atoms with van der Waals surface area (Å²) >= 11 is 0. The lowest BCUT2D eigenvalue weighted by Crippen LogP contribution is -2.11. The molecule has 0 aromatic carbocycles. The van der Waals surface area contributed by atoms with E-state index in [2.05, 4.69) is 10.2 Å². The molecule has 3 N–H and O–H groups in total. The monoisotopic (exact) mass is 247 g/mol. The Hall–Kier alpha value is -2.31. The summed E-state index contributed by atoms with van der Waals surface area (Å²) in [5.41, 5.74) is 6.91. The molecular formula is C11H13N5O2. The fraction of sp³-hybridized carbons (Fsp3) is 0.364. The molecule has 7 heteroatoms. The first-order chi connectivity index (χ1) is 8.66. The number of aromatic nitrogens is 4. The summed E-state index contributed by atoms with van der Waals surface area (Å²) in [6.45, 7) is 0.891. The highest BCUT2D eigenvalue weighted by Crippen LogP contribution is 2.20. The van der Waals surface area contributed by atoms with Gasteiger partial charge in [0.1, 0.15) is 11.4 Å². The molecule has 0 unspecified atom stereocenters. The minimum Gasteiger partial charge on any atom is -0.477 e. The highest BCUT2D eigenvalue weighted by atomic mass is 16.4. The van der Waals surface area contributed by atoms with Gasteiger partial charge in [-0.1, -0.05) is 0 Å². The largest absolute Gasteiger partial charge is 0.477 e. The Kier molecular flexibility index (Phi) is 2.32. The molecule has 1 aliphatic rings. The van der Waals surface area contributed by atoms with Gasteiger partial charge < -0.3 is 10.8 Å². The minimum absolute atomic E-state index is 0.000900. The third-order valence-electron chi connectivity index (χ3n) is 3.16. The predicted octanol–water partition coefficient (Wildman–Crippen LogP) is 0.685. The molecule has 2 aromatic rings. The number of carbonyl (C=O) groups is 1. The maximum absolute atomic E-state index is 10.9. The van der Waals surface area contributed by atoms with E-state index in [0.717, 1.165) is 31.5 Å². The van der Waals surface area contributed by atoms with Crippen molar-refractivity contribution in [3.8, 4) is 5.82 Å². The van der Waals surface area contributed by atoms with Gasteiger partial charge in [0.05, 0.1) is 6.20 Å². The number of carboxylic acids is 1. The van der Waals surface area contributed by atoms with Crippen LogP contribution in [0.3, 0.4) is 0 Å². The fourth-order valence-electron chi connectivity index (χ4n) is 2.21. The van der Waals surface area contributed by atoms with Gasteiger partial charge >= 0.3 is 5.97 Å². The van der Waals surface area contributed by atoms with E-state index in [1.54, 1.807) is 0 Å². The first-order valence-electron chi connectivity index (χ1n) is 5.80. The van der Waals surface area contributed by atoms with Crippen molar-refractivity contribution < 1.29 is 9.90 Å². The first-order valence-corrected chi connectivity index (χ1v) is 5.80. The number of aromatic carboxylic acids is 1. The van der Waals surface area contributed by atoms with Crippen molar-refractivity contribution in [2.24, 2.45) is 0 Å². The number of nitrogens with two attached hydrogens (primary N) is 1. The topological polar surface area (TPSA) is 99.0 Å². The lowest BCUT2D eigenvalue weighted by molar-refractivity contribution is 0.0698. The van der Waals surface area contributed by atoms with Gasteiger partial charge in [-0.25, -0.2) is 4.79 Å². The SMILES string of the molecule is Nc1c(C(=O)O)cnn1-c1cc2n(n1)CCCC2. The molecule has 94 valence electrons. The zero-order valence-electron chi connectivity index (χ0n) is 9.70. The zero-order valence-corrected chi connectivity index (χ0v) is 9.70. The van der Waals surface area contributed by atoms with Gasteiger partial charge in [0.15, 0.2) is 5.82 Å². The van der Waals surface area contributed by atoms with Crippen molar-refractivity contribution in [3.05, 3.63) is 23.5 Å². The van der Waals surface area contributed by atoms with Crippen LogP contribution in [0.1, 0.15) is 28.9 Å². The van der Waals surface area contributed by atoms with Crippen LogP contribution in [-0.2, 0) is 13.0 Å². The lowest BCUT2D eigenvalue weighted by atomic mass is 10.1. The number of nitrogen functional groups attached to an aromatic ring is 1. The van der Waals surface area contributed by atoms with Gasteiger partial charge in [0.25, 0.3) is 0 Å². The second-order valence-electron chi connectivity index (χ2n) is 4.33. The van der Waals surface area contributed by atoms with Gasteiger partial charge in [-0.05, 0) is 19.3 Å². The molecule has 7 nitrogen and oxygen atoms in total. The molecule has 0 aliphatic carbocycles. The minimum atomic E-state index is -1.08. The molecular weight excluding hydrogens is 234 g/mol. The Bertz CT molecular complexity index is 589. The number of hydrogen-bond donors (Lipinski definition) is 2. The molecule has 0 radical (unpaired) electrons. The van der Waals surface area contributed by atoms with Crippen LogP contribution in [0.5, 0.6) is 0 Å². The first kappa shape index (κ1) is 10.8. The molecule has 0 spiro atoms. The van der Waals surface area contributed by atoms with Crippen LogP contribution < -0.4 is 5.73 Å². The smallest absolute Gasteiger partial charge is 0.341 e. The highest BCUT2D eigenvalue weighted by Gasteiger charge is 2.18. The van der Waals surface area contributed by atoms with Gasteiger partial charge in [0, 0.05) is 18.3 Å². The molecule has 0 amide bonds. The predicted molar refractivity (Wildman–Crippen MR) is 63.7 cm³/mol. The molecule has 3 rings (SSSR count). The molecule has 2 aromatic heterocycles. The zero-order chi connectivity index (χ0) is 12.7. The van der Waals surface area contributed by atoms with Gasteiger partial charge in [-0.2, -0.15) is 14.9 Å². The summed E-state index contributed by atoms with van der Waals surface area (Å²) < 4.78 is 3.30. The fourth-order valence-corrected chi connectivity index (χ4v) is 2.21. The van der Waals surface area contributed by atoms with Crippen molar-refractivity contribution >= 4 is 11.8 Å². The van der Waals surface area contributed by atoms with E-state index in [-0.39, 0.29) is 11.4 Å². The van der Waals surface area contributed by atoms with E-state index in [1.807, 2.05) is 10.7 Å². The molecule has 1 aliphatic heterocycles. The van der Waals surface area contributed by atoms with Crippen LogP contribution in [-0.4, -0.2) is 30.6 Å². The molecule has 0 saturated heterocycles. The van der Waals surface area contributed by atoms with Crippen LogP contribution in [0.4, 0.5) is 5.82 Å². The third kappa shape index (κ3) is 1.55. The van der Waals surface area contributed by atoms with Crippen molar-refractivity contribution in [2.75, 3.05) is 5.73 Å². The maximum Gasteiger partial charge on any atom is 0.341 e. The highest BCUT2D eigenvalue weighted by molar-refractivity contribution is 5.92. The molecule has 0 saturated carbocycles. The van der Waals surface area contributed by atoms with Crippen molar-refractivity contribution in [2.45, 2.75) is 25.8 Å². The number of nitrogens with zero attached hydrogens (tertiary/aromatic N) is 4. The third-order valence-corrected chi connectivity index (χ3v) is 3.16. The van der Waals surface area contributed by atoms with Gasteiger partial charge in [-0.15, -0.1) is 0 Å². The Labute approximate surface area is 103 Å². The van der Waals surface area contributed by atoms with Crippen LogP contribution in [0.2, 0.25) is 0 Å². The van der Waals surface area contributed by atoms with E-state index in [1.165, 1.54) is 10.9 Å². The number of anilines is 1. The van der Waals surface area contributed by atoms with E-state index < -0.39 is 5.97 Å². The van der Waals surface area contributed by atoms with Crippen LogP contribution in [0.25, 0.3) is 5.82 Å². The number of rotatable bonds is 2. The Morgan fingerprint density at radius 3 is 2.94 bits per heavy atom. The molecule has 3 heterocycles. The van der Waals surface area contributed by atoms with Crippen LogP contribution in [0.15, 0.2) is 12.3 Å². The van der Waals surface area contributed by atoms with E-state index in [4.69, 9.17) is 10.8 Å². The standard InChI is InChI=1S/C11H13N5O2/c12-10-8(11(17)18)6-13-16(10)9-5-7-3-1-2-4-15(7)14-9/h5-6H,1-4,12H2,(H,17,18). The van der Waals surface area contributed by atoms with Crippen LogP contribution in [0, 0.1) is 0 Å². The molecule has 0 atom stereocenters. The van der Waals surface area contributed by atoms with E-state index in [9.17, 15) is 4.79 Å². The Morgan fingerprint density at radius 2 is 2.28 bits per heavy atom. The summed E-state index contributed by atoms with van der Waals surface area (Å²) in [7, 11) is 0. The average molecular weight is 247 g/mol. The lowest BCUT2D eigenvalue weighted by Gasteiger charge is -2.11. The second-order valence-corrected chi connectivity index (χ2v) is 4.33. The summed E-state index contributed by atoms with van der Waals surface area (Å²) in [6.07, 6.45) is 4.50. The normalized spacial score (nSPS) is 14.4. The summed E-state index contributed by atoms with van der Waals surface area (Å²) in [5.74, 6) is -0.391.